The number of para-hydroxylation sites is 1. The van der Waals surface area contributed by atoms with Crippen molar-refractivity contribution in [1.29, 1.82) is 0 Å². The van der Waals surface area contributed by atoms with Gasteiger partial charge in [0.25, 0.3) is 0 Å². The number of pyridine rings is 1. The van der Waals surface area contributed by atoms with Crippen molar-refractivity contribution in [3.63, 3.8) is 0 Å². The van der Waals surface area contributed by atoms with Crippen LogP contribution in [0.2, 0.25) is 0 Å². The third-order valence-electron chi connectivity index (χ3n) is 3.43. The molecule has 0 unspecified atom stereocenters. The summed E-state index contributed by atoms with van der Waals surface area (Å²) in [7, 11) is 0. The van der Waals surface area contributed by atoms with Crippen molar-refractivity contribution in [2.75, 3.05) is 0 Å². The molecule has 0 aliphatic rings. The maximum absolute atomic E-state index is 3.32. The van der Waals surface area contributed by atoms with Gasteiger partial charge >= 0.3 is 0 Å². The Kier molecular flexibility index (Phi) is 1.86. The van der Waals surface area contributed by atoms with E-state index in [1.54, 1.807) is 0 Å². The average molecular weight is 232 g/mol. The summed E-state index contributed by atoms with van der Waals surface area (Å²) in [4.78, 5) is 3.32. The summed E-state index contributed by atoms with van der Waals surface area (Å²) in [6, 6.07) is 17.0. The van der Waals surface area contributed by atoms with Crippen molar-refractivity contribution in [2.45, 2.75) is 0 Å². The number of aromatic amines is 1. The Morgan fingerprint density at radius 2 is 1.83 bits per heavy atom. The molecule has 0 aliphatic heterocycles. The fraction of sp³-hybridized carbons (Fsp3) is 0. The van der Waals surface area contributed by atoms with Gasteiger partial charge < -0.3 is 9.38 Å². The molecule has 4 aromatic rings. The molecule has 2 heteroatoms. The van der Waals surface area contributed by atoms with Crippen LogP contribution < -0.4 is 0 Å². The van der Waals surface area contributed by atoms with Crippen LogP contribution in [0.4, 0.5) is 0 Å². The Morgan fingerprint density at radius 1 is 0.889 bits per heavy atom. The van der Waals surface area contributed by atoms with Crippen LogP contribution in [0.15, 0.2) is 67.1 Å². The van der Waals surface area contributed by atoms with Crippen LogP contribution in [-0.2, 0) is 0 Å². The highest BCUT2D eigenvalue weighted by Gasteiger charge is 2.05. The van der Waals surface area contributed by atoms with E-state index in [-0.39, 0.29) is 0 Å². The largest absolute Gasteiger partial charge is 0.361 e. The third kappa shape index (κ3) is 1.29. The summed E-state index contributed by atoms with van der Waals surface area (Å²) in [6.07, 6.45) is 6.25. The van der Waals surface area contributed by atoms with Gasteiger partial charge in [0.2, 0.25) is 0 Å². The number of nitrogens with one attached hydrogen (secondary N) is 1. The van der Waals surface area contributed by atoms with Crippen LogP contribution in [0.25, 0.3) is 27.5 Å². The number of hydrogen-bond donors (Lipinski definition) is 1. The van der Waals surface area contributed by atoms with Crippen molar-refractivity contribution in [2.24, 2.45) is 0 Å². The Balaban J connectivity index is 2.00. The monoisotopic (exact) mass is 232 g/mol. The first-order valence-corrected chi connectivity index (χ1v) is 6.05. The zero-order chi connectivity index (χ0) is 11.9. The summed E-state index contributed by atoms with van der Waals surface area (Å²) < 4.78 is 2.12. The topological polar surface area (TPSA) is 20.2 Å². The zero-order valence-electron chi connectivity index (χ0n) is 9.80. The fourth-order valence-corrected chi connectivity index (χ4v) is 2.51. The molecule has 0 spiro atoms. The van der Waals surface area contributed by atoms with E-state index in [1.165, 1.54) is 27.5 Å². The molecule has 1 N–H and O–H groups in total. The predicted molar refractivity (Wildman–Crippen MR) is 74.7 cm³/mol. The van der Waals surface area contributed by atoms with Crippen molar-refractivity contribution < 1.29 is 0 Å². The van der Waals surface area contributed by atoms with Gasteiger partial charge in [0.05, 0.1) is 0 Å². The minimum absolute atomic E-state index is 1.18. The van der Waals surface area contributed by atoms with Crippen molar-refractivity contribution in [1.82, 2.24) is 9.38 Å². The highest BCUT2D eigenvalue weighted by atomic mass is 14.8. The normalized spacial score (nSPS) is 11.3. The predicted octanol–water partition coefficient (Wildman–Crippen LogP) is 4.09. The second-order valence-electron chi connectivity index (χ2n) is 4.50. The number of rotatable bonds is 1. The number of benzene rings is 1. The van der Waals surface area contributed by atoms with Crippen molar-refractivity contribution in [3.05, 3.63) is 67.1 Å². The molecule has 0 atom stereocenters. The van der Waals surface area contributed by atoms with Crippen LogP contribution in [0, 0.1) is 0 Å². The van der Waals surface area contributed by atoms with E-state index in [4.69, 9.17) is 0 Å². The molecule has 0 saturated carbocycles. The van der Waals surface area contributed by atoms with E-state index in [0.29, 0.717) is 0 Å². The lowest BCUT2D eigenvalue weighted by Crippen LogP contribution is -1.82. The second-order valence-corrected chi connectivity index (χ2v) is 4.50. The van der Waals surface area contributed by atoms with E-state index in [2.05, 4.69) is 76.5 Å². The SMILES string of the molecule is c1ccc2c(-c3ccn4cccc4c3)c[nH]c2c1. The van der Waals surface area contributed by atoms with Crippen LogP contribution in [0.1, 0.15) is 0 Å². The van der Waals surface area contributed by atoms with E-state index in [1.807, 2.05) is 0 Å². The molecule has 3 aromatic heterocycles. The molecule has 0 aliphatic carbocycles. The number of H-pyrrole nitrogens is 1. The lowest BCUT2D eigenvalue weighted by atomic mass is 10.1. The highest BCUT2D eigenvalue weighted by molar-refractivity contribution is 5.95. The summed E-state index contributed by atoms with van der Waals surface area (Å²) in [5, 5.41) is 1.27. The molecular formula is C16H12N2. The van der Waals surface area contributed by atoms with E-state index < -0.39 is 0 Å². The molecule has 86 valence electrons. The summed E-state index contributed by atoms with van der Waals surface area (Å²) in [5.41, 5.74) is 4.91. The van der Waals surface area contributed by atoms with Gasteiger partial charge in [-0.1, -0.05) is 18.2 Å². The molecule has 0 fully saturated rings. The molecule has 4 rings (SSSR count). The van der Waals surface area contributed by atoms with Gasteiger partial charge in [-0.05, 0) is 35.9 Å². The lowest BCUT2D eigenvalue weighted by molar-refractivity contribution is 1.20. The molecule has 2 nitrogen and oxygen atoms in total. The first-order valence-electron chi connectivity index (χ1n) is 6.05. The highest BCUT2D eigenvalue weighted by Crippen LogP contribution is 2.29. The smallest absolute Gasteiger partial charge is 0.0460 e. The maximum atomic E-state index is 3.32. The Labute approximate surface area is 104 Å². The molecular weight excluding hydrogens is 220 g/mol. The second kappa shape index (κ2) is 3.50. The minimum Gasteiger partial charge on any atom is -0.361 e. The van der Waals surface area contributed by atoms with Gasteiger partial charge in [0, 0.05) is 40.6 Å². The van der Waals surface area contributed by atoms with Crippen LogP contribution >= 0.6 is 0 Å². The summed E-state index contributed by atoms with van der Waals surface area (Å²) >= 11 is 0. The summed E-state index contributed by atoms with van der Waals surface area (Å²) in [6.45, 7) is 0. The number of aromatic nitrogens is 2. The minimum atomic E-state index is 1.18. The Morgan fingerprint density at radius 3 is 2.83 bits per heavy atom. The van der Waals surface area contributed by atoms with Gasteiger partial charge in [-0.3, -0.25) is 0 Å². The quantitative estimate of drug-likeness (QED) is 0.510. The molecule has 0 radical (unpaired) electrons. The Hall–Kier alpha value is -2.48. The molecule has 0 saturated heterocycles. The van der Waals surface area contributed by atoms with Crippen LogP contribution in [0.5, 0.6) is 0 Å². The van der Waals surface area contributed by atoms with Gasteiger partial charge in [0.15, 0.2) is 0 Å². The van der Waals surface area contributed by atoms with Gasteiger partial charge in [-0.2, -0.15) is 0 Å². The first-order chi connectivity index (χ1) is 8.92. The Bertz CT molecular complexity index is 836. The van der Waals surface area contributed by atoms with Gasteiger partial charge in [-0.25, -0.2) is 0 Å². The zero-order valence-corrected chi connectivity index (χ0v) is 9.80. The number of fused-ring (bicyclic) bond motifs is 2. The molecule has 1 aromatic carbocycles. The van der Waals surface area contributed by atoms with Crippen LogP contribution in [0.3, 0.4) is 0 Å². The van der Waals surface area contributed by atoms with E-state index >= 15 is 0 Å². The van der Waals surface area contributed by atoms with Gasteiger partial charge in [0.1, 0.15) is 0 Å². The third-order valence-corrected chi connectivity index (χ3v) is 3.43. The molecule has 0 amide bonds. The van der Waals surface area contributed by atoms with E-state index in [9.17, 15) is 0 Å². The average Bonchev–Trinajstić information content (AvgIpc) is 3.04. The maximum Gasteiger partial charge on any atom is 0.0460 e. The number of hydrogen-bond acceptors (Lipinski definition) is 0. The molecule has 3 heterocycles. The summed E-state index contributed by atoms with van der Waals surface area (Å²) in [5.74, 6) is 0. The van der Waals surface area contributed by atoms with Gasteiger partial charge in [-0.15, -0.1) is 0 Å². The van der Waals surface area contributed by atoms with Crippen molar-refractivity contribution >= 4 is 16.4 Å². The van der Waals surface area contributed by atoms with E-state index in [0.717, 1.165) is 0 Å². The first kappa shape index (κ1) is 9.54. The van der Waals surface area contributed by atoms with Crippen molar-refractivity contribution in [3.8, 4) is 11.1 Å². The lowest BCUT2D eigenvalue weighted by Gasteiger charge is -2.01. The van der Waals surface area contributed by atoms with Crippen LogP contribution in [-0.4, -0.2) is 9.38 Å². The molecule has 18 heavy (non-hydrogen) atoms. The fourth-order valence-electron chi connectivity index (χ4n) is 2.51. The number of nitrogens with zero attached hydrogens (tertiary/aromatic N) is 1. The molecule has 0 bridgehead atoms. The standard InChI is InChI=1S/C16H12N2/c1-2-6-16-14(5-1)15(11-17-16)12-7-9-18-8-3-4-13(18)10-12/h1-11,17H.